The third-order valence-corrected chi connectivity index (χ3v) is 3.36. The van der Waals surface area contributed by atoms with Crippen molar-refractivity contribution in [2.75, 3.05) is 26.3 Å². The first-order valence-electron chi connectivity index (χ1n) is 6.16. The second-order valence-corrected chi connectivity index (χ2v) is 5.30. The number of piperidine rings is 1. The van der Waals surface area contributed by atoms with E-state index in [1.807, 2.05) is 0 Å². The monoisotopic (exact) mass is 213 g/mol. The van der Waals surface area contributed by atoms with Gasteiger partial charge in [-0.1, -0.05) is 13.8 Å². The fourth-order valence-electron chi connectivity index (χ4n) is 2.47. The standard InChI is InChI=1S/C12H23NO2/c1-10(2)8-14-11-7-12(15-9-11)3-5-13-6-4-12/h10-11,13H,3-9H2,1-2H3. The molecular formula is C12H23NO2. The Hall–Kier alpha value is -0.120. The van der Waals surface area contributed by atoms with Gasteiger partial charge in [0.15, 0.2) is 0 Å². The van der Waals surface area contributed by atoms with Crippen LogP contribution in [0.1, 0.15) is 33.1 Å². The van der Waals surface area contributed by atoms with Crippen molar-refractivity contribution < 1.29 is 9.47 Å². The van der Waals surface area contributed by atoms with Crippen molar-refractivity contribution in [3.05, 3.63) is 0 Å². The summed E-state index contributed by atoms with van der Waals surface area (Å²) in [6.07, 6.45) is 3.73. The Labute approximate surface area is 92.5 Å². The second-order valence-electron chi connectivity index (χ2n) is 5.30. The molecule has 0 saturated carbocycles. The van der Waals surface area contributed by atoms with Crippen molar-refractivity contribution in [1.82, 2.24) is 5.32 Å². The van der Waals surface area contributed by atoms with Crippen molar-refractivity contribution >= 4 is 0 Å². The van der Waals surface area contributed by atoms with E-state index in [1.165, 1.54) is 0 Å². The number of ether oxygens (including phenoxy) is 2. The lowest BCUT2D eigenvalue weighted by molar-refractivity contribution is -0.0242. The Morgan fingerprint density at radius 1 is 1.40 bits per heavy atom. The number of hydrogen-bond acceptors (Lipinski definition) is 3. The summed E-state index contributed by atoms with van der Waals surface area (Å²) >= 11 is 0. The van der Waals surface area contributed by atoms with E-state index in [2.05, 4.69) is 19.2 Å². The van der Waals surface area contributed by atoms with E-state index >= 15 is 0 Å². The summed E-state index contributed by atoms with van der Waals surface area (Å²) in [6.45, 7) is 8.23. The maximum Gasteiger partial charge on any atom is 0.0836 e. The number of hydrogen-bond donors (Lipinski definition) is 1. The summed E-state index contributed by atoms with van der Waals surface area (Å²) in [5.41, 5.74) is 0.146. The van der Waals surface area contributed by atoms with Crippen molar-refractivity contribution in [3.8, 4) is 0 Å². The summed E-state index contributed by atoms with van der Waals surface area (Å²) < 4.78 is 11.8. The van der Waals surface area contributed by atoms with Crippen LogP contribution in [-0.4, -0.2) is 38.0 Å². The van der Waals surface area contributed by atoms with Gasteiger partial charge in [0.25, 0.3) is 0 Å². The Morgan fingerprint density at radius 3 is 2.80 bits per heavy atom. The normalized spacial score (nSPS) is 30.2. The van der Waals surface area contributed by atoms with Crippen LogP contribution in [0.15, 0.2) is 0 Å². The average molecular weight is 213 g/mol. The SMILES string of the molecule is CC(C)COC1COC2(CCNCC2)C1. The van der Waals surface area contributed by atoms with Gasteiger partial charge in [-0.25, -0.2) is 0 Å². The van der Waals surface area contributed by atoms with E-state index in [0.29, 0.717) is 12.0 Å². The minimum Gasteiger partial charge on any atom is -0.375 e. The predicted octanol–water partition coefficient (Wildman–Crippen LogP) is 1.57. The van der Waals surface area contributed by atoms with Crippen LogP contribution in [0.3, 0.4) is 0 Å². The Kier molecular flexibility index (Phi) is 3.65. The zero-order valence-corrected chi connectivity index (χ0v) is 9.92. The highest BCUT2D eigenvalue weighted by atomic mass is 16.6. The summed E-state index contributed by atoms with van der Waals surface area (Å²) in [7, 11) is 0. The topological polar surface area (TPSA) is 30.5 Å². The van der Waals surface area contributed by atoms with E-state index in [1.54, 1.807) is 0 Å². The molecule has 0 aliphatic carbocycles. The Morgan fingerprint density at radius 2 is 2.13 bits per heavy atom. The van der Waals surface area contributed by atoms with Crippen LogP contribution in [0.4, 0.5) is 0 Å². The van der Waals surface area contributed by atoms with Gasteiger partial charge >= 0.3 is 0 Å². The van der Waals surface area contributed by atoms with Crippen molar-refractivity contribution in [2.45, 2.75) is 44.8 Å². The maximum absolute atomic E-state index is 5.96. The molecule has 88 valence electrons. The maximum atomic E-state index is 5.96. The minimum atomic E-state index is 0.146. The summed E-state index contributed by atoms with van der Waals surface area (Å²) in [5.74, 6) is 0.620. The van der Waals surface area contributed by atoms with Gasteiger partial charge in [0, 0.05) is 13.0 Å². The molecule has 1 atom stereocenters. The van der Waals surface area contributed by atoms with E-state index < -0.39 is 0 Å². The molecule has 0 aromatic rings. The molecule has 2 aliphatic rings. The molecular weight excluding hydrogens is 190 g/mol. The second kappa shape index (κ2) is 4.81. The van der Waals surface area contributed by atoms with Crippen LogP contribution in [0.5, 0.6) is 0 Å². The van der Waals surface area contributed by atoms with Gasteiger partial charge in [0.1, 0.15) is 0 Å². The number of rotatable bonds is 3. The lowest BCUT2D eigenvalue weighted by atomic mass is 9.89. The van der Waals surface area contributed by atoms with Gasteiger partial charge in [0.05, 0.1) is 18.3 Å². The molecule has 1 spiro atoms. The van der Waals surface area contributed by atoms with Crippen LogP contribution >= 0.6 is 0 Å². The van der Waals surface area contributed by atoms with Gasteiger partial charge in [-0.05, 0) is 31.8 Å². The molecule has 3 nitrogen and oxygen atoms in total. The quantitative estimate of drug-likeness (QED) is 0.772. The molecule has 0 radical (unpaired) electrons. The lowest BCUT2D eigenvalue weighted by Crippen LogP contribution is -2.41. The molecule has 15 heavy (non-hydrogen) atoms. The third-order valence-electron chi connectivity index (χ3n) is 3.36. The Bertz CT molecular complexity index is 200. The van der Waals surface area contributed by atoms with Crippen molar-refractivity contribution in [3.63, 3.8) is 0 Å². The van der Waals surface area contributed by atoms with Crippen molar-refractivity contribution in [1.29, 1.82) is 0 Å². The van der Waals surface area contributed by atoms with Crippen LogP contribution in [-0.2, 0) is 9.47 Å². The minimum absolute atomic E-state index is 0.146. The Balaban J connectivity index is 1.78. The molecule has 0 aromatic carbocycles. The molecule has 0 aromatic heterocycles. The number of nitrogens with one attached hydrogen (secondary N) is 1. The molecule has 2 heterocycles. The van der Waals surface area contributed by atoms with Crippen LogP contribution in [0, 0.1) is 5.92 Å². The van der Waals surface area contributed by atoms with E-state index in [0.717, 1.165) is 45.6 Å². The zero-order chi connectivity index (χ0) is 10.7. The van der Waals surface area contributed by atoms with Crippen LogP contribution in [0.25, 0.3) is 0 Å². The first kappa shape index (κ1) is 11.4. The first-order chi connectivity index (χ1) is 7.20. The summed E-state index contributed by atoms with van der Waals surface area (Å²) in [6, 6.07) is 0. The molecule has 2 fully saturated rings. The average Bonchev–Trinajstić information content (AvgIpc) is 2.60. The van der Waals surface area contributed by atoms with Gasteiger partial charge in [-0.15, -0.1) is 0 Å². The fraction of sp³-hybridized carbons (Fsp3) is 1.00. The lowest BCUT2D eigenvalue weighted by Gasteiger charge is -2.32. The van der Waals surface area contributed by atoms with Gasteiger partial charge in [-0.2, -0.15) is 0 Å². The summed E-state index contributed by atoms with van der Waals surface area (Å²) in [5, 5.41) is 3.38. The molecule has 2 saturated heterocycles. The van der Waals surface area contributed by atoms with Crippen molar-refractivity contribution in [2.24, 2.45) is 5.92 Å². The molecule has 1 N–H and O–H groups in total. The predicted molar refractivity (Wildman–Crippen MR) is 60.0 cm³/mol. The van der Waals surface area contributed by atoms with E-state index in [-0.39, 0.29) is 5.60 Å². The highest BCUT2D eigenvalue weighted by Gasteiger charge is 2.41. The smallest absolute Gasteiger partial charge is 0.0836 e. The van der Waals surface area contributed by atoms with Crippen LogP contribution < -0.4 is 5.32 Å². The van der Waals surface area contributed by atoms with Gasteiger partial charge < -0.3 is 14.8 Å². The molecule has 1 unspecified atom stereocenters. The summed E-state index contributed by atoms with van der Waals surface area (Å²) in [4.78, 5) is 0. The largest absolute Gasteiger partial charge is 0.375 e. The molecule has 3 heteroatoms. The van der Waals surface area contributed by atoms with Gasteiger partial charge in [0.2, 0.25) is 0 Å². The third kappa shape index (κ3) is 2.92. The highest BCUT2D eigenvalue weighted by Crippen LogP contribution is 2.35. The van der Waals surface area contributed by atoms with Crippen LogP contribution in [0.2, 0.25) is 0 Å². The fourth-order valence-corrected chi connectivity index (χ4v) is 2.47. The first-order valence-corrected chi connectivity index (χ1v) is 6.16. The highest BCUT2D eigenvalue weighted by molar-refractivity contribution is 4.93. The zero-order valence-electron chi connectivity index (χ0n) is 9.92. The van der Waals surface area contributed by atoms with E-state index in [9.17, 15) is 0 Å². The van der Waals surface area contributed by atoms with Gasteiger partial charge in [-0.3, -0.25) is 0 Å². The van der Waals surface area contributed by atoms with E-state index in [4.69, 9.17) is 9.47 Å². The molecule has 0 amide bonds. The molecule has 2 rings (SSSR count). The molecule has 0 bridgehead atoms. The molecule has 2 aliphatic heterocycles.